The van der Waals surface area contributed by atoms with Gasteiger partial charge in [0.1, 0.15) is 13.5 Å². The number of hydrogen-bond acceptors (Lipinski definition) is 4. The van der Waals surface area contributed by atoms with Crippen LogP contribution in [-0.4, -0.2) is 43.3 Å². The topological polar surface area (TPSA) is 89.2 Å². The number of aliphatic imine (C=N–C) groups is 1. The molecule has 7 heteroatoms. The lowest BCUT2D eigenvalue weighted by atomic mass is 9.96. The standard InChI is InChI=1S/C23H30N4O3/c24-23(26-17-29-15-19-8-3-1-4-9-19)27(13-7-12-21-14-25-22(21)28)18-30-16-20-10-5-2-6-11-20/h1-6,8-11,21H,7,12-18H2,(H2,24,26)(H,25,28). The molecule has 0 spiro atoms. The van der Waals surface area contributed by atoms with Crippen molar-refractivity contribution >= 4 is 11.9 Å². The first kappa shape index (κ1) is 21.8. The Kier molecular flexibility index (Phi) is 8.68. The van der Waals surface area contributed by atoms with Crippen molar-refractivity contribution in [2.45, 2.75) is 26.1 Å². The lowest BCUT2D eigenvalue weighted by Crippen LogP contribution is -2.48. The third-order valence-electron chi connectivity index (χ3n) is 4.99. The number of ether oxygens (including phenoxy) is 2. The largest absolute Gasteiger partial charge is 0.370 e. The zero-order valence-corrected chi connectivity index (χ0v) is 17.2. The molecule has 0 radical (unpaired) electrons. The van der Waals surface area contributed by atoms with E-state index in [0.29, 0.717) is 32.4 Å². The van der Waals surface area contributed by atoms with E-state index in [1.54, 1.807) is 0 Å². The van der Waals surface area contributed by atoms with Gasteiger partial charge in [-0.15, -0.1) is 0 Å². The fraction of sp³-hybridized carbons (Fsp3) is 0.391. The van der Waals surface area contributed by atoms with Crippen molar-refractivity contribution in [3.05, 3.63) is 71.8 Å². The number of nitrogens with one attached hydrogen (secondary N) is 1. The average Bonchev–Trinajstić information content (AvgIpc) is 2.78. The highest BCUT2D eigenvalue weighted by molar-refractivity contribution is 5.84. The molecule has 1 atom stereocenters. The summed E-state index contributed by atoms with van der Waals surface area (Å²) < 4.78 is 11.5. The van der Waals surface area contributed by atoms with E-state index in [0.717, 1.165) is 30.5 Å². The van der Waals surface area contributed by atoms with Crippen molar-refractivity contribution in [2.75, 3.05) is 26.6 Å². The average molecular weight is 411 g/mol. The van der Waals surface area contributed by atoms with E-state index in [9.17, 15) is 4.79 Å². The molecule has 1 saturated heterocycles. The molecule has 1 heterocycles. The van der Waals surface area contributed by atoms with Crippen LogP contribution < -0.4 is 11.1 Å². The van der Waals surface area contributed by atoms with Gasteiger partial charge in [-0.1, -0.05) is 60.7 Å². The molecular formula is C23H30N4O3. The molecule has 2 aromatic rings. The lowest BCUT2D eigenvalue weighted by molar-refractivity contribution is -0.131. The Hall–Kier alpha value is -2.90. The number of nitrogens with zero attached hydrogens (tertiary/aromatic N) is 2. The zero-order chi connectivity index (χ0) is 21.0. The van der Waals surface area contributed by atoms with Crippen LogP contribution >= 0.6 is 0 Å². The molecule has 2 aromatic carbocycles. The Morgan fingerprint density at radius 2 is 1.67 bits per heavy atom. The molecule has 3 rings (SSSR count). The number of amides is 1. The molecule has 1 aliphatic heterocycles. The number of guanidine groups is 1. The van der Waals surface area contributed by atoms with Crippen molar-refractivity contribution < 1.29 is 14.3 Å². The van der Waals surface area contributed by atoms with Crippen LogP contribution in [0.5, 0.6) is 0 Å². The molecule has 160 valence electrons. The van der Waals surface area contributed by atoms with Gasteiger partial charge in [0, 0.05) is 13.1 Å². The third kappa shape index (κ3) is 7.17. The lowest BCUT2D eigenvalue weighted by Gasteiger charge is -2.28. The summed E-state index contributed by atoms with van der Waals surface area (Å²) in [6.45, 7) is 2.94. The van der Waals surface area contributed by atoms with E-state index in [1.807, 2.05) is 65.6 Å². The summed E-state index contributed by atoms with van der Waals surface area (Å²) in [5, 5.41) is 2.78. The van der Waals surface area contributed by atoms with E-state index >= 15 is 0 Å². The van der Waals surface area contributed by atoms with E-state index in [-0.39, 0.29) is 18.6 Å². The number of nitrogens with two attached hydrogens (primary N) is 1. The zero-order valence-electron chi connectivity index (χ0n) is 17.2. The summed E-state index contributed by atoms with van der Waals surface area (Å²) >= 11 is 0. The number of hydrogen-bond donors (Lipinski definition) is 2. The minimum Gasteiger partial charge on any atom is -0.370 e. The van der Waals surface area contributed by atoms with Crippen molar-refractivity contribution in [1.82, 2.24) is 10.2 Å². The molecule has 0 bridgehead atoms. The Labute approximate surface area is 177 Å². The summed E-state index contributed by atoms with van der Waals surface area (Å²) in [5.74, 6) is 0.636. The molecule has 0 aliphatic carbocycles. The van der Waals surface area contributed by atoms with Crippen LogP contribution in [0.3, 0.4) is 0 Å². The van der Waals surface area contributed by atoms with Crippen molar-refractivity contribution in [2.24, 2.45) is 16.6 Å². The maximum Gasteiger partial charge on any atom is 0.224 e. The summed E-state index contributed by atoms with van der Waals surface area (Å²) in [7, 11) is 0. The maximum absolute atomic E-state index is 11.4. The van der Waals surface area contributed by atoms with E-state index < -0.39 is 0 Å². The molecule has 3 N–H and O–H groups in total. The fourth-order valence-corrected chi connectivity index (χ4v) is 3.13. The number of benzene rings is 2. The molecular weight excluding hydrogens is 380 g/mol. The molecule has 1 unspecified atom stereocenters. The molecule has 7 nitrogen and oxygen atoms in total. The van der Waals surface area contributed by atoms with Gasteiger partial charge >= 0.3 is 0 Å². The van der Waals surface area contributed by atoms with Crippen LogP contribution in [0.25, 0.3) is 0 Å². The number of rotatable bonds is 12. The van der Waals surface area contributed by atoms with Crippen LogP contribution in [0.2, 0.25) is 0 Å². The van der Waals surface area contributed by atoms with Gasteiger partial charge in [0.05, 0.1) is 19.1 Å². The molecule has 0 aromatic heterocycles. The second kappa shape index (κ2) is 11.9. The number of carbonyl (C=O) groups is 1. The monoisotopic (exact) mass is 410 g/mol. The highest BCUT2D eigenvalue weighted by atomic mass is 16.5. The molecule has 1 amide bonds. The van der Waals surface area contributed by atoms with Crippen LogP contribution in [-0.2, 0) is 27.5 Å². The summed E-state index contributed by atoms with van der Waals surface area (Å²) in [6, 6.07) is 19.9. The predicted molar refractivity (Wildman–Crippen MR) is 116 cm³/mol. The van der Waals surface area contributed by atoms with E-state index in [4.69, 9.17) is 15.2 Å². The number of β-lactam (4-membered cyclic amide) rings is 1. The Morgan fingerprint density at radius 1 is 1.03 bits per heavy atom. The minimum atomic E-state index is 0.115. The molecule has 30 heavy (non-hydrogen) atoms. The van der Waals surface area contributed by atoms with Gasteiger partial charge in [-0.25, -0.2) is 4.99 Å². The van der Waals surface area contributed by atoms with Crippen LogP contribution in [0.1, 0.15) is 24.0 Å². The van der Waals surface area contributed by atoms with Gasteiger partial charge in [0.15, 0.2) is 5.96 Å². The van der Waals surface area contributed by atoms with Gasteiger partial charge < -0.3 is 25.4 Å². The highest BCUT2D eigenvalue weighted by Gasteiger charge is 2.26. The maximum atomic E-state index is 11.4. The van der Waals surface area contributed by atoms with Crippen molar-refractivity contribution in [3.8, 4) is 0 Å². The first-order chi connectivity index (χ1) is 14.7. The minimum absolute atomic E-state index is 0.115. The Balaban J connectivity index is 1.46. The predicted octanol–water partition coefficient (Wildman–Crippen LogP) is 2.48. The van der Waals surface area contributed by atoms with Crippen LogP contribution in [0.4, 0.5) is 0 Å². The van der Waals surface area contributed by atoms with Gasteiger partial charge in [-0.2, -0.15) is 0 Å². The summed E-state index contributed by atoms with van der Waals surface area (Å²) in [4.78, 5) is 17.7. The van der Waals surface area contributed by atoms with Crippen LogP contribution in [0.15, 0.2) is 65.7 Å². The van der Waals surface area contributed by atoms with Gasteiger partial charge in [0.2, 0.25) is 5.91 Å². The van der Waals surface area contributed by atoms with Gasteiger partial charge in [0.25, 0.3) is 0 Å². The second-order valence-corrected chi connectivity index (χ2v) is 7.29. The summed E-state index contributed by atoms with van der Waals surface area (Å²) in [6.07, 6.45) is 1.67. The highest BCUT2D eigenvalue weighted by Crippen LogP contribution is 2.13. The molecule has 0 saturated carbocycles. The quantitative estimate of drug-likeness (QED) is 0.184. The Bertz CT molecular complexity index is 799. The van der Waals surface area contributed by atoms with Crippen molar-refractivity contribution in [1.29, 1.82) is 0 Å². The molecule has 1 aliphatic rings. The smallest absolute Gasteiger partial charge is 0.224 e. The Morgan fingerprint density at radius 3 is 2.23 bits per heavy atom. The normalized spacial score (nSPS) is 16.1. The van der Waals surface area contributed by atoms with Crippen LogP contribution in [0, 0.1) is 5.92 Å². The number of carbonyl (C=O) groups excluding carboxylic acids is 1. The first-order valence-electron chi connectivity index (χ1n) is 10.3. The fourth-order valence-electron chi connectivity index (χ4n) is 3.13. The molecule has 1 fully saturated rings. The van der Waals surface area contributed by atoms with Gasteiger partial charge in [-0.05, 0) is 24.0 Å². The second-order valence-electron chi connectivity index (χ2n) is 7.29. The van der Waals surface area contributed by atoms with Gasteiger partial charge in [-0.3, -0.25) is 4.79 Å². The van der Waals surface area contributed by atoms with Crippen molar-refractivity contribution in [3.63, 3.8) is 0 Å². The SMILES string of the molecule is NC(=NCOCc1ccccc1)N(CCCC1CNC1=O)COCc1ccccc1. The first-order valence-corrected chi connectivity index (χ1v) is 10.3. The van der Waals surface area contributed by atoms with E-state index in [1.165, 1.54) is 0 Å². The third-order valence-corrected chi connectivity index (χ3v) is 4.99. The summed E-state index contributed by atoms with van der Waals surface area (Å²) in [5.41, 5.74) is 8.40. The van der Waals surface area contributed by atoms with E-state index in [2.05, 4.69) is 10.3 Å².